The summed E-state index contributed by atoms with van der Waals surface area (Å²) in [6, 6.07) is 22.0. The number of hydrogen-bond acceptors (Lipinski definition) is 6. The third-order valence-corrected chi connectivity index (χ3v) is 4.81. The van der Waals surface area contributed by atoms with Crippen LogP contribution in [0.2, 0.25) is 0 Å². The van der Waals surface area contributed by atoms with Gasteiger partial charge >= 0.3 is 0 Å². The Balaban J connectivity index is 1.79. The molecule has 0 fully saturated rings. The summed E-state index contributed by atoms with van der Waals surface area (Å²) in [5.41, 5.74) is 2.58. The second-order valence-corrected chi connectivity index (χ2v) is 7.08. The molecule has 0 spiro atoms. The highest BCUT2D eigenvalue weighted by molar-refractivity contribution is 5.92. The predicted octanol–water partition coefficient (Wildman–Crippen LogP) is 5.18. The van der Waals surface area contributed by atoms with Crippen LogP contribution >= 0.6 is 0 Å². The average molecular weight is 459 g/mol. The molecule has 1 amide bonds. The average Bonchev–Trinajstić information content (AvgIpc) is 2.87. The zero-order valence-corrected chi connectivity index (χ0v) is 19.3. The lowest BCUT2D eigenvalue weighted by molar-refractivity contribution is -0.118. The highest BCUT2D eigenvalue weighted by Gasteiger charge is 2.11. The SMILES string of the molecule is CCOc1cc(/C=C(\C#N)c2ccc(OC)c(OC)c2)ccc1OCC(=O)Nc1ccccc1. The fourth-order valence-electron chi connectivity index (χ4n) is 3.21. The van der Waals surface area contributed by atoms with Crippen LogP contribution in [0.3, 0.4) is 0 Å². The summed E-state index contributed by atoms with van der Waals surface area (Å²) in [5.74, 6) is 1.76. The molecular formula is C27H26N2O5. The van der Waals surface area contributed by atoms with Crippen molar-refractivity contribution in [2.75, 3.05) is 32.8 Å². The van der Waals surface area contributed by atoms with Crippen molar-refractivity contribution in [1.82, 2.24) is 0 Å². The minimum atomic E-state index is -0.280. The molecule has 174 valence electrons. The molecule has 0 atom stereocenters. The van der Waals surface area contributed by atoms with Gasteiger partial charge in [-0.25, -0.2) is 0 Å². The van der Waals surface area contributed by atoms with E-state index in [2.05, 4.69) is 11.4 Å². The largest absolute Gasteiger partial charge is 0.493 e. The Morgan fingerprint density at radius 2 is 1.65 bits per heavy atom. The summed E-state index contributed by atoms with van der Waals surface area (Å²) in [7, 11) is 3.10. The summed E-state index contributed by atoms with van der Waals surface area (Å²) in [6.07, 6.45) is 1.75. The van der Waals surface area contributed by atoms with E-state index in [1.54, 1.807) is 68.8 Å². The highest BCUT2D eigenvalue weighted by atomic mass is 16.5. The standard InChI is InChI=1S/C27H26N2O5/c1-4-33-26-15-19(14-21(17-28)20-11-13-23(31-2)25(16-20)32-3)10-12-24(26)34-18-27(30)29-22-8-6-5-7-9-22/h5-16H,4,18H2,1-3H3,(H,29,30)/b21-14+. The third kappa shape index (κ3) is 6.30. The van der Waals surface area contributed by atoms with E-state index in [4.69, 9.17) is 18.9 Å². The molecule has 0 aliphatic carbocycles. The van der Waals surface area contributed by atoms with Gasteiger partial charge in [0.05, 0.1) is 32.5 Å². The van der Waals surface area contributed by atoms with E-state index in [-0.39, 0.29) is 12.5 Å². The van der Waals surface area contributed by atoms with Gasteiger partial charge in [-0.15, -0.1) is 0 Å². The highest BCUT2D eigenvalue weighted by Crippen LogP contribution is 2.33. The van der Waals surface area contributed by atoms with Crippen LogP contribution in [0.4, 0.5) is 5.69 Å². The van der Waals surface area contributed by atoms with E-state index in [1.165, 1.54) is 0 Å². The van der Waals surface area contributed by atoms with Crippen molar-refractivity contribution in [2.45, 2.75) is 6.92 Å². The molecule has 34 heavy (non-hydrogen) atoms. The number of para-hydroxylation sites is 1. The molecular weight excluding hydrogens is 432 g/mol. The van der Waals surface area contributed by atoms with Crippen molar-refractivity contribution < 1.29 is 23.7 Å². The van der Waals surface area contributed by atoms with Crippen molar-refractivity contribution in [1.29, 1.82) is 5.26 Å². The maximum absolute atomic E-state index is 12.2. The summed E-state index contributed by atoms with van der Waals surface area (Å²) >= 11 is 0. The van der Waals surface area contributed by atoms with Gasteiger partial charge in [0.15, 0.2) is 29.6 Å². The number of nitrogens with zero attached hydrogens (tertiary/aromatic N) is 1. The Morgan fingerprint density at radius 1 is 0.912 bits per heavy atom. The lowest BCUT2D eigenvalue weighted by Gasteiger charge is -2.13. The third-order valence-electron chi connectivity index (χ3n) is 4.81. The lowest BCUT2D eigenvalue weighted by Crippen LogP contribution is -2.20. The van der Waals surface area contributed by atoms with Gasteiger partial charge in [-0.1, -0.05) is 24.3 Å². The Kier molecular flexibility index (Phi) is 8.53. The minimum absolute atomic E-state index is 0.167. The fourth-order valence-corrected chi connectivity index (χ4v) is 3.21. The van der Waals surface area contributed by atoms with Gasteiger partial charge in [-0.2, -0.15) is 5.26 Å². The molecule has 3 aromatic carbocycles. The van der Waals surface area contributed by atoms with Crippen molar-refractivity contribution in [3.05, 3.63) is 77.9 Å². The molecule has 0 aliphatic heterocycles. The number of nitrogens with one attached hydrogen (secondary N) is 1. The quantitative estimate of drug-likeness (QED) is 0.332. The molecule has 7 heteroatoms. The first kappa shape index (κ1) is 24.2. The van der Waals surface area contributed by atoms with Gasteiger partial charge in [0, 0.05) is 5.69 Å². The topological polar surface area (TPSA) is 89.8 Å². The van der Waals surface area contributed by atoms with Crippen molar-refractivity contribution in [3.8, 4) is 29.1 Å². The molecule has 0 bridgehead atoms. The molecule has 0 saturated carbocycles. The van der Waals surface area contributed by atoms with Crippen LogP contribution in [0.25, 0.3) is 11.6 Å². The summed E-state index contributed by atoms with van der Waals surface area (Å²) in [4.78, 5) is 12.2. The number of nitriles is 1. The Morgan fingerprint density at radius 3 is 2.32 bits per heavy atom. The Labute approximate surface area is 199 Å². The van der Waals surface area contributed by atoms with Crippen molar-refractivity contribution >= 4 is 23.2 Å². The lowest BCUT2D eigenvalue weighted by atomic mass is 10.0. The predicted molar refractivity (Wildman–Crippen MR) is 131 cm³/mol. The molecule has 0 unspecified atom stereocenters. The van der Waals surface area contributed by atoms with E-state index < -0.39 is 0 Å². The van der Waals surface area contributed by atoms with Crippen molar-refractivity contribution in [3.63, 3.8) is 0 Å². The number of rotatable bonds is 10. The maximum atomic E-state index is 12.2. The van der Waals surface area contributed by atoms with Crippen LogP contribution in [-0.4, -0.2) is 33.3 Å². The van der Waals surface area contributed by atoms with Crippen LogP contribution in [0.15, 0.2) is 66.7 Å². The summed E-state index contributed by atoms with van der Waals surface area (Å²) in [5, 5.41) is 12.5. The molecule has 0 aromatic heterocycles. The second kappa shape index (κ2) is 12.0. The Hall–Kier alpha value is -4.44. The zero-order chi connectivity index (χ0) is 24.3. The van der Waals surface area contributed by atoms with Gasteiger partial charge in [-0.05, 0) is 66.6 Å². The van der Waals surface area contributed by atoms with Crippen LogP contribution in [0.1, 0.15) is 18.1 Å². The van der Waals surface area contributed by atoms with Gasteiger partial charge in [-0.3, -0.25) is 4.79 Å². The molecule has 1 N–H and O–H groups in total. The minimum Gasteiger partial charge on any atom is -0.493 e. The van der Waals surface area contributed by atoms with E-state index in [0.29, 0.717) is 46.4 Å². The van der Waals surface area contributed by atoms with E-state index in [1.807, 2.05) is 25.1 Å². The normalized spacial score (nSPS) is 10.7. The number of hydrogen-bond donors (Lipinski definition) is 1. The number of benzene rings is 3. The molecule has 0 radical (unpaired) electrons. The number of allylic oxidation sites excluding steroid dienone is 1. The number of anilines is 1. The molecule has 0 heterocycles. The maximum Gasteiger partial charge on any atom is 0.262 e. The van der Waals surface area contributed by atoms with Gasteiger partial charge in [0.1, 0.15) is 0 Å². The number of methoxy groups -OCH3 is 2. The summed E-state index contributed by atoms with van der Waals surface area (Å²) in [6.45, 7) is 2.11. The van der Waals surface area contributed by atoms with Gasteiger partial charge in [0.25, 0.3) is 5.91 Å². The van der Waals surface area contributed by atoms with E-state index >= 15 is 0 Å². The van der Waals surface area contributed by atoms with E-state index in [0.717, 1.165) is 5.56 Å². The van der Waals surface area contributed by atoms with Crippen molar-refractivity contribution in [2.24, 2.45) is 0 Å². The number of carbonyl (C=O) groups excluding carboxylic acids is 1. The molecule has 3 rings (SSSR count). The molecule has 3 aromatic rings. The summed E-state index contributed by atoms with van der Waals surface area (Å²) < 4.78 is 22.0. The van der Waals surface area contributed by atoms with Crippen LogP contribution in [-0.2, 0) is 4.79 Å². The molecule has 0 aliphatic rings. The first-order chi connectivity index (χ1) is 16.6. The van der Waals surface area contributed by atoms with Crippen LogP contribution < -0.4 is 24.3 Å². The van der Waals surface area contributed by atoms with Crippen LogP contribution in [0.5, 0.6) is 23.0 Å². The first-order valence-corrected chi connectivity index (χ1v) is 10.7. The number of carbonyl (C=O) groups is 1. The van der Waals surface area contributed by atoms with Gasteiger partial charge in [0.2, 0.25) is 0 Å². The number of amides is 1. The first-order valence-electron chi connectivity index (χ1n) is 10.7. The fraction of sp³-hybridized carbons (Fsp3) is 0.185. The monoisotopic (exact) mass is 458 g/mol. The second-order valence-electron chi connectivity index (χ2n) is 7.08. The van der Waals surface area contributed by atoms with E-state index in [9.17, 15) is 10.1 Å². The Bertz CT molecular complexity index is 1200. The van der Waals surface area contributed by atoms with Crippen LogP contribution in [0, 0.1) is 11.3 Å². The smallest absolute Gasteiger partial charge is 0.262 e. The zero-order valence-electron chi connectivity index (χ0n) is 19.3. The number of ether oxygens (including phenoxy) is 4. The molecule has 0 saturated heterocycles. The molecule has 7 nitrogen and oxygen atoms in total. The van der Waals surface area contributed by atoms with Gasteiger partial charge < -0.3 is 24.3 Å².